The van der Waals surface area contributed by atoms with Gasteiger partial charge in [-0.15, -0.1) is 0 Å². The average molecular weight is 255 g/mol. The summed E-state index contributed by atoms with van der Waals surface area (Å²) in [5, 5.41) is 3.79. The molecule has 0 aliphatic carbocycles. The molecular formula is C12H11F2NOS. The Bertz CT molecular complexity index is 467. The van der Waals surface area contributed by atoms with Crippen molar-refractivity contribution in [3.05, 3.63) is 52.2 Å². The summed E-state index contributed by atoms with van der Waals surface area (Å²) in [6, 6.07) is 4.95. The molecule has 2 aromatic rings. The molecular weight excluding hydrogens is 244 g/mol. The summed E-state index contributed by atoms with van der Waals surface area (Å²) in [6.07, 6.45) is -0.387. The Hall–Kier alpha value is -1.46. The third-order valence-electron chi connectivity index (χ3n) is 2.24. The highest BCUT2D eigenvalue weighted by Crippen LogP contribution is 2.24. The lowest BCUT2D eigenvalue weighted by molar-refractivity contribution is 0.213. The van der Waals surface area contributed by atoms with Crippen molar-refractivity contribution < 1.29 is 13.5 Å². The van der Waals surface area contributed by atoms with Crippen molar-refractivity contribution in [2.24, 2.45) is 5.73 Å². The number of thiophene rings is 1. The number of nitrogens with two attached hydrogens (primary N) is 1. The fourth-order valence-electron chi connectivity index (χ4n) is 1.47. The second-order valence-corrected chi connectivity index (χ2v) is 4.28. The zero-order valence-corrected chi connectivity index (χ0v) is 9.71. The van der Waals surface area contributed by atoms with Gasteiger partial charge in [0.15, 0.2) is 0 Å². The molecule has 0 radical (unpaired) electrons. The fourth-order valence-corrected chi connectivity index (χ4v) is 2.17. The summed E-state index contributed by atoms with van der Waals surface area (Å²) in [5.41, 5.74) is 6.48. The summed E-state index contributed by atoms with van der Waals surface area (Å²) in [7, 11) is 0. The highest BCUT2D eigenvalue weighted by molar-refractivity contribution is 7.07. The van der Waals surface area contributed by atoms with E-state index in [4.69, 9.17) is 10.5 Å². The Morgan fingerprint density at radius 1 is 1.24 bits per heavy atom. The van der Waals surface area contributed by atoms with Gasteiger partial charge in [-0.2, -0.15) is 11.3 Å². The van der Waals surface area contributed by atoms with E-state index in [1.165, 1.54) is 11.3 Å². The highest BCUT2D eigenvalue weighted by Gasteiger charge is 2.13. The standard InChI is InChI=1S/C12H11F2NOS/c13-9-3-10(14)5-11(4-9)16-12(6-15)8-1-2-17-7-8/h1-5,7,12H,6,15H2. The number of rotatable bonds is 4. The molecule has 2 rings (SSSR count). The van der Waals surface area contributed by atoms with Crippen molar-refractivity contribution in [1.29, 1.82) is 0 Å². The summed E-state index contributed by atoms with van der Waals surface area (Å²) in [6.45, 7) is 0.245. The van der Waals surface area contributed by atoms with Crippen molar-refractivity contribution >= 4 is 11.3 Å². The monoisotopic (exact) mass is 255 g/mol. The van der Waals surface area contributed by atoms with Crippen LogP contribution in [-0.2, 0) is 0 Å². The summed E-state index contributed by atoms with van der Waals surface area (Å²) in [5.74, 6) is -1.19. The van der Waals surface area contributed by atoms with Gasteiger partial charge in [0, 0.05) is 30.3 Å². The molecule has 1 heterocycles. The molecule has 90 valence electrons. The normalized spacial score (nSPS) is 12.4. The van der Waals surface area contributed by atoms with E-state index >= 15 is 0 Å². The van der Waals surface area contributed by atoms with Gasteiger partial charge in [0.2, 0.25) is 0 Å². The van der Waals surface area contributed by atoms with Gasteiger partial charge in [-0.05, 0) is 16.8 Å². The first-order chi connectivity index (χ1) is 8.19. The maximum Gasteiger partial charge on any atom is 0.137 e. The predicted molar refractivity (Wildman–Crippen MR) is 63.1 cm³/mol. The van der Waals surface area contributed by atoms with Crippen LogP contribution in [0.4, 0.5) is 8.78 Å². The molecule has 1 atom stereocenters. The minimum atomic E-state index is -0.666. The molecule has 0 fully saturated rings. The van der Waals surface area contributed by atoms with Gasteiger partial charge in [0.25, 0.3) is 0 Å². The van der Waals surface area contributed by atoms with Gasteiger partial charge in [-0.1, -0.05) is 0 Å². The Balaban J connectivity index is 2.18. The Morgan fingerprint density at radius 2 is 1.94 bits per heavy atom. The largest absolute Gasteiger partial charge is 0.484 e. The van der Waals surface area contributed by atoms with Crippen LogP contribution in [0.15, 0.2) is 35.0 Å². The molecule has 0 bridgehead atoms. The zero-order chi connectivity index (χ0) is 12.3. The molecule has 1 aromatic heterocycles. The SMILES string of the molecule is NCC(Oc1cc(F)cc(F)c1)c1ccsc1. The van der Waals surface area contributed by atoms with Crippen LogP contribution in [-0.4, -0.2) is 6.54 Å². The molecule has 0 saturated heterocycles. The first-order valence-electron chi connectivity index (χ1n) is 5.04. The van der Waals surface area contributed by atoms with Crippen molar-refractivity contribution in [1.82, 2.24) is 0 Å². The van der Waals surface area contributed by atoms with Gasteiger partial charge >= 0.3 is 0 Å². The molecule has 0 saturated carbocycles. The van der Waals surface area contributed by atoms with Crippen molar-refractivity contribution in [2.75, 3.05) is 6.54 Å². The molecule has 5 heteroatoms. The van der Waals surface area contributed by atoms with E-state index in [0.29, 0.717) is 0 Å². The third kappa shape index (κ3) is 3.01. The van der Waals surface area contributed by atoms with Gasteiger partial charge in [-0.3, -0.25) is 0 Å². The molecule has 2 N–H and O–H groups in total. The van der Waals surface area contributed by atoms with Crippen LogP contribution >= 0.6 is 11.3 Å². The minimum absolute atomic E-state index is 0.143. The van der Waals surface area contributed by atoms with E-state index in [2.05, 4.69) is 0 Å². The van der Waals surface area contributed by atoms with E-state index in [-0.39, 0.29) is 18.4 Å². The van der Waals surface area contributed by atoms with E-state index in [1.807, 2.05) is 16.8 Å². The van der Waals surface area contributed by atoms with Gasteiger partial charge in [-0.25, -0.2) is 8.78 Å². The first kappa shape index (κ1) is 12.0. The van der Waals surface area contributed by atoms with Gasteiger partial charge in [0.05, 0.1) is 0 Å². The zero-order valence-electron chi connectivity index (χ0n) is 8.90. The topological polar surface area (TPSA) is 35.2 Å². The van der Waals surface area contributed by atoms with Crippen molar-refractivity contribution in [2.45, 2.75) is 6.10 Å². The fraction of sp³-hybridized carbons (Fsp3) is 0.167. The number of halogens is 2. The molecule has 1 unspecified atom stereocenters. The number of benzene rings is 1. The van der Waals surface area contributed by atoms with Crippen LogP contribution in [0, 0.1) is 11.6 Å². The number of hydrogen-bond donors (Lipinski definition) is 1. The lowest BCUT2D eigenvalue weighted by Crippen LogP contribution is -2.17. The summed E-state index contributed by atoms with van der Waals surface area (Å²) < 4.78 is 31.4. The Kier molecular flexibility index (Phi) is 3.71. The van der Waals surface area contributed by atoms with Crippen LogP contribution in [0.2, 0.25) is 0 Å². The summed E-state index contributed by atoms with van der Waals surface area (Å²) in [4.78, 5) is 0. The van der Waals surface area contributed by atoms with Crippen LogP contribution < -0.4 is 10.5 Å². The maximum atomic E-state index is 13.0. The van der Waals surface area contributed by atoms with Crippen LogP contribution in [0.25, 0.3) is 0 Å². The van der Waals surface area contributed by atoms with E-state index < -0.39 is 11.6 Å². The molecule has 0 spiro atoms. The van der Waals surface area contributed by atoms with Crippen LogP contribution in [0.3, 0.4) is 0 Å². The predicted octanol–water partition coefficient (Wildman–Crippen LogP) is 3.11. The molecule has 0 aliphatic heterocycles. The van der Waals surface area contributed by atoms with Crippen LogP contribution in [0.5, 0.6) is 5.75 Å². The molecule has 0 amide bonds. The number of ether oxygens (including phenoxy) is 1. The van der Waals surface area contributed by atoms with Gasteiger partial charge < -0.3 is 10.5 Å². The quantitative estimate of drug-likeness (QED) is 0.911. The maximum absolute atomic E-state index is 13.0. The first-order valence-corrected chi connectivity index (χ1v) is 5.98. The van der Waals surface area contributed by atoms with Gasteiger partial charge in [0.1, 0.15) is 23.5 Å². The smallest absolute Gasteiger partial charge is 0.137 e. The minimum Gasteiger partial charge on any atom is -0.484 e. The lowest BCUT2D eigenvalue weighted by atomic mass is 10.2. The Morgan fingerprint density at radius 3 is 2.47 bits per heavy atom. The lowest BCUT2D eigenvalue weighted by Gasteiger charge is -2.16. The second kappa shape index (κ2) is 5.25. The third-order valence-corrected chi connectivity index (χ3v) is 2.94. The molecule has 1 aromatic carbocycles. The van der Waals surface area contributed by atoms with Crippen molar-refractivity contribution in [3.8, 4) is 5.75 Å². The molecule has 0 aliphatic rings. The van der Waals surface area contributed by atoms with E-state index in [9.17, 15) is 8.78 Å². The molecule has 17 heavy (non-hydrogen) atoms. The number of hydrogen-bond acceptors (Lipinski definition) is 3. The van der Waals surface area contributed by atoms with Crippen LogP contribution in [0.1, 0.15) is 11.7 Å². The van der Waals surface area contributed by atoms with E-state index in [1.54, 1.807) is 0 Å². The molecule has 2 nitrogen and oxygen atoms in total. The summed E-state index contributed by atoms with van der Waals surface area (Å²) >= 11 is 1.52. The van der Waals surface area contributed by atoms with Crippen molar-refractivity contribution in [3.63, 3.8) is 0 Å². The average Bonchev–Trinajstić information content (AvgIpc) is 2.77. The van der Waals surface area contributed by atoms with E-state index in [0.717, 1.165) is 23.8 Å². The Labute approximate surface area is 102 Å². The highest BCUT2D eigenvalue weighted by atomic mass is 32.1. The second-order valence-electron chi connectivity index (χ2n) is 3.50.